The number of nitrogens with zero attached hydrogens (tertiary/aromatic N) is 2. The number of ether oxygens (including phenoxy) is 1. The Hall–Kier alpha value is -2.80. The van der Waals surface area contributed by atoms with Gasteiger partial charge in [-0.25, -0.2) is 0 Å². The van der Waals surface area contributed by atoms with Gasteiger partial charge in [0.05, 0.1) is 11.6 Å². The van der Waals surface area contributed by atoms with Crippen molar-refractivity contribution in [2.24, 2.45) is 0 Å². The number of nitriles is 1. The minimum absolute atomic E-state index is 0.00126. The summed E-state index contributed by atoms with van der Waals surface area (Å²) in [6.45, 7) is 3.33. The molecule has 0 heterocycles. The van der Waals surface area contributed by atoms with Gasteiger partial charge in [-0.3, -0.25) is 4.79 Å². The Bertz CT molecular complexity index is 660. The molecule has 0 N–H and O–H groups in total. The van der Waals surface area contributed by atoms with E-state index < -0.39 is 0 Å². The molecule has 0 saturated carbocycles. The van der Waals surface area contributed by atoms with Crippen LogP contribution in [-0.4, -0.2) is 24.0 Å². The van der Waals surface area contributed by atoms with E-state index in [1.54, 1.807) is 29.2 Å². The zero-order chi connectivity index (χ0) is 16.5. The molecular weight excluding hydrogens is 288 g/mol. The number of amides is 1. The lowest BCUT2D eigenvalue weighted by molar-refractivity contribution is -0.134. The van der Waals surface area contributed by atoms with Crippen LogP contribution < -0.4 is 4.74 Å². The summed E-state index contributed by atoms with van der Waals surface area (Å²) in [6, 6.07) is 18.7. The summed E-state index contributed by atoms with van der Waals surface area (Å²) in [5.74, 6) is 0.550. The van der Waals surface area contributed by atoms with Gasteiger partial charge in [0.15, 0.2) is 6.61 Å². The molecule has 0 atom stereocenters. The second-order valence-corrected chi connectivity index (χ2v) is 5.23. The maximum absolute atomic E-state index is 12.4. The molecule has 23 heavy (non-hydrogen) atoms. The molecule has 0 aliphatic carbocycles. The minimum atomic E-state index is -0.0416. The SMILES string of the molecule is CCCN(Cc1ccccc1)C(=O)COc1ccc(C#N)cc1. The third-order valence-electron chi connectivity index (χ3n) is 3.41. The van der Waals surface area contributed by atoms with Crippen LogP contribution in [0, 0.1) is 11.3 Å². The molecule has 0 fully saturated rings. The van der Waals surface area contributed by atoms with Gasteiger partial charge in [0, 0.05) is 13.1 Å². The number of hydrogen-bond acceptors (Lipinski definition) is 3. The second-order valence-electron chi connectivity index (χ2n) is 5.23. The molecule has 1 amide bonds. The first kappa shape index (κ1) is 16.6. The van der Waals surface area contributed by atoms with E-state index in [2.05, 4.69) is 6.07 Å². The highest BCUT2D eigenvalue weighted by atomic mass is 16.5. The Morgan fingerprint density at radius 1 is 1.13 bits per heavy atom. The van der Waals surface area contributed by atoms with Crippen molar-refractivity contribution in [2.75, 3.05) is 13.2 Å². The van der Waals surface area contributed by atoms with Crippen LogP contribution in [0.3, 0.4) is 0 Å². The molecule has 2 rings (SSSR count). The number of rotatable bonds is 7. The van der Waals surface area contributed by atoms with Crippen LogP contribution in [0.1, 0.15) is 24.5 Å². The van der Waals surface area contributed by atoms with Gasteiger partial charge >= 0.3 is 0 Å². The molecule has 2 aromatic carbocycles. The van der Waals surface area contributed by atoms with Crippen LogP contribution >= 0.6 is 0 Å². The molecule has 2 aromatic rings. The predicted molar refractivity (Wildman–Crippen MR) is 88.8 cm³/mol. The zero-order valence-corrected chi connectivity index (χ0v) is 13.2. The van der Waals surface area contributed by atoms with Gasteiger partial charge in [0.2, 0.25) is 0 Å². The molecule has 0 unspecified atom stereocenters. The summed E-state index contributed by atoms with van der Waals surface area (Å²) in [5, 5.41) is 8.77. The van der Waals surface area contributed by atoms with Gasteiger partial charge in [-0.2, -0.15) is 5.26 Å². The van der Waals surface area contributed by atoms with Crippen molar-refractivity contribution in [1.82, 2.24) is 4.90 Å². The Kier molecular flexibility index (Phi) is 6.19. The van der Waals surface area contributed by atoms with E-state index in [0.29, 0.717) is 24.4 Å². The highest BCUT2D eigenvalue weighted by molar-refractivity contribution is 5.77. The van der Waals surface area contributed by atoms with Crippen LogP contribution in [-0.2, 0) is 11.3 Å². The van der Waals surface area contributed by atoms with Crippen molar-refractivity contribution in [3.63, 3.8) is 0 Å². The van der Waals surface area contributed by atoms with E-state index in [1.165, 1.54) is 0 Å². The highest BCUT2D eigenvalue weighted by Crippen LogP contribution is 2.12. The fraction of sp³-hybridized carbons (Fsp3) is 0.263. The third-order valence-corrected chi connectivity index (χ3v) is 3.41. The Morgan fingerprint density at radius 2 is 1.83 bits per heavy atom. The van der Waals surface area contributed by atoms with Crippen molar-refractivity contribution >= 4 is 5.91 Å². The standard InChI is InChI=1S/C19H20N2O2/c1-2-12-21(14-17-6-4-3-5-7-17)19(22)15-23-18-10-8-16(13-20)9-11-18/h3-11H,2,12,14-15H2,1H3. The summed E-state index contributed by atoms with van der Waals surface area (Å²) in [6.07, 6.45) is 0.898. The average Bonchev–Trinajstić information content (AvgIpc) is 2.60. The largest absolute Gasteiger partial charge is 0.484 e. The predicted octanol–water partition coefficient (Wildman–Crippen LogP) is 3.38. The molecule has 0 radical (unpaired) electrons. The van der Waals surface area contributed by atoms with Crippen molar-refractivity contribution in [3.05, 3.63) is 65.7 Å². The average molecular weight is 308 g/mol. The van der Waals surface area contributed by atoms with Gasteiger partial charge in [-0.1, -0.05) is 37.3 Å². The van der Waals surface area contributed by atoms with Crippen molar-refractivity contribution in [1.29, 1.82) is 5.26 Å². The lowest BCUT2D eigenvalue weighted by Crippen LogP contribution is -2.35. The van der Waals surface area contributed by atoms with Crippen LogP contribution in [0.15, 0.2) is 54.6 Å². The first-order valence-electron chi connectivity index (χ1n) is 7.67. The van der Waals surface area contributed by atoms with Gasteiger partial charge in [0.1, 0.15) is 5.75 Å². The molecule has 118 valence electrons. The first-order chi connectivity index (χ1) is 11.2. The molecule has 0 spiro atoms. The lowest BCUT2D eigenvalue weighted by atomic mass is 10.2. The zero-order valence-electron chi connectivity index (χ0n) is 13.2. The summed E-state index contributed by atoms with van der Waals surface area (Å²) in [7, 11) is 0. The molecule has 0 bridgehead atoms. The van der Waals surface area contributed by atoms with E-state index >= 15 is 0 Å². The quantitative estimate of drug-likeness (QED) is 0.788. The van der Waals surface area contributed by atoms with E-state index in [9.17, 15) is 4.79 Å². The van der Waals surface area contributed by atoms with E-state index in [4.69, 9.17) is 10.00 Å². The normalized spacial score (nSPS) is 9.91. The van der Waals surface area contributed by atoms with E-state index in [1.807, 2.05) is 37.3 Å². The number of carbonyl (C=O) groups excluding carboxylic acids is 1. The monoisotopic (exact) mass is 308 g/mol. The van der Waals surface area contributed by atoms with Gasteiger partial charge in [-0.15, -0.1) is 0 Å². The molecule has 0 saturated heterocycles. The lowest BCUT2D eigenvalue weighted by Gasteiger charge is -2.22. The number of carbonyl (C=O) groups is 1. The Labute approximate surface area is 136 Å². The smallest absolute Gasteiger partial charge is 0.260 e. The molecule has 4 nitrogen and oxygen atoms in total. The molecule has 0 aliphatic heterocycles. The van der Waals surface area contributed by atoms with Gasteiger partial charge in [-0.05, 0) is 36.2 Å². The Morgan fingerprint density at radius 3 is 2.43 bits per heavy atom. The topological polar surface area (TPSA) is 53.3 Å². The molecule has 4 heteroatoms. The number of hydrogen-bond donors (Lipinski definition) is 0. The fourth-order valence-corrected chi connectivity index (χ4v) is 2.23. The Balaban J connectivity index is 1.93. The summed E-state index contributed by atoms with van der Waals surface area (Å²) in [4.78, 5) is 14.2. The van der Waals surface area contributed by atoms with Crippen LogP contribution in [0.5, 0.6) is 5.75 Å². The van der Waals surface area contributed by atoms with Gasteiger partial charge < -0.3 is 9.64 Å². The van der Waals surface area contributed by atoms with Crippen LogP contribution in [0.4, 0.5) is 0 Å². The van der Waals surface area contributed by atoms with E-state index in [-0.39, 0.29) is 12.5 Å². The molecular formula is C19H20N2O2. The summed E-state index contributed by atoms with van der Waals surface area (Å²) in [5.41, 5.74) is 1.67. The third kappa shape index (κ3) is 5.15. The molecule has 0 aliphatic rings. The minimum Gasteiger partial charge on any atom is -0.484 e. The van der Waals surface area contributed by atoms with Crippen LogP contribution in [0.25, 0.3) is 0 Å². The molecule has 0 aromatic heterocycles. The van der Waals surface area contributed by atoms with Gasteiger partial charge in [0.25, 0.3) is 5.91 Å². The van der Waals surface area contributed by atoms with Crippen molar-refractivity contribution in [2.45, 2.75) is 19.9 Å². The van der Waals surface area contributed by atoms with Crippen molar-refractivity contribution in [3.8, 4) is 11.8 Å². The maximum Gasteiger partial charge on any atom is 0.260 e. The first-order valence-corrected chi connectivity index (χ1v) is 7.67. The number of benzene rings is 2. The van der Waals surface area contributed by atoms with Crippen molar-refractivity contribution < 1.29 is 9.53 Å². The van der Waals surface area contributed by atoms with Crippen LogP contribution in [0.2, 0.25) is 0 Å². The summed E-state index contributed by atoms with van der Waals surface area (Å²) < 4.78 is 5.53. The maximum atomic E-state index is 12.4. The fourth-order valence-electron chi connectivity index (χ4n) is 2.23. The highest BCUT2D eigenvalue weighted by Gasteiger charge is 2.14. The second kappa shape index (κ2) is 8.60. The summed E-state index contributed by atoms with van der Waals surface area (Å²) >= 11 is 0. The van der Waals surface area contributed by atoms with E-state index in [0.717, 1.165) is 12.0 Å².